The summed E-state index contributed by atoms with van der Waals surface area (Å²) in [5, 5.41) is 3.23. The summed E-state index contributed by atoms with van der Waals surface area (Å²) in [6.45, 7) is 6.53. The SMILES string of the molecule is CC(C)C(NC(=O)C1CCN(C(=O)N(C)C)CC1)c1ccc2c(c1)OCCO2. The van der Waals surface area contributed by atoms with Crippen molar-refractivity contribution in [3.8, 4) is 11.5 Å². The number of ether oxygens (including phenoxy) is 2. The van der Waals surface area contributed by atoms with Crippen molar-refractivity contribution in [1.82, 2.24) is 15.1 Å². The minimum absolute atomic E-state index is 0.00944. The summed E-state index contributed by atoms with van der Waals surface area (Å²) in [4.78, 5) is 28.4. The van der Waals surface area contributed by atoms with E-state index in [1.807, 2.05) is 23.1 Å². The smallest absolute Gasteiger partial charge is 0.319 e. The molecule has 7 heteroatoms. The van der Waals surface area contributed by atoms with Crippen LogP contribution in [-0.4, -0.2) is 62.1 Å². The summed E-state index contributed by atoms with van der Waals surface area (Å²) in [6.07, 6.45) is 1.38. The second-order valence-electron chi connectivity index (χ2n) is 8.07. The molecule has 0 aliphatic carbocycles. The predicted molar refractivity (Wildman–Crippen MR) is 107 cm³/mol. The van der Waals surface area contributed by atoms with Gasteiger partial charge < -0.3 is 24.6 Å². The van der Waals surface area contributed by atoms with Crippen molar-refractivity contribution in [1.29, 1.82) is 0 Å². The van der Waals surface area contributed by atoms with Crippen molar-refractivity contribution < 1.29 is 19.1 Å². The van der Waals surface area contributed by atoms with E-state index in [0.717, 1.165) is 17.1 Å². The Kier molecular flexibility index (Phi) is 6.31. The standard InChI is InChI=1S/C21H31N3O4/c1-14(2)19(16-5-6-17-18(13-16)28-12-11-27-17)22-20(25)15-7-9-24(10-8-15)21(26)23(3)4/h5-6,13-15,19H,7-12H2,1-4H3,(H,22,25). The number of likely N-dealkylation sites (tertiary alicyclic amines) is 1. The zero-order chi connectivity index (χ0) is 20.3. The van der Waals surface area contributed by atoms with Crippen LogP contribution in [0.2, 0.25) is 0 Å². The van der Waals surface area contributed by atoms with Gasteiger partial charge in [-0.15, -0.1) is 0 Å². The molecule has 7 nitrogen and oxygen atoms in total. The highest BCUT2D eigenvalue weighted by Gasteiger charge is 2.30. The Labute approximate surface area is 167 Å². The largest absolute Gasteiger partial charge is 0.486 e. The molecule has 3 amide bonds. The first-order valence-corrected chi connectivity index (χ1v) is 10.0. The van der Waals surface area contributed by atoms with Gasteiger partial charge in [-0.1, -0.05) is 19.9 Å². The van der Waals surface area contributed by atoms with Crippen LogP contribution in [0.3, 0.4) is 0 Å². The number of rotatable bonds is 4. The van der Waals surface area contributed by atoms with E-state index in [0.29, 0.717) is 39.1 Å². The maximum absolute atomic E-state index is 12.9. The predicted octanol–water partition coefficient (Wildman–Crippen LogP) is 2.66. The molecule has 0 saturated carbocycles. The van der Waals surface area contributed by atoms with Gasteiger partial charge in [-0.2, -0.15) is 0 Å². The van der Waals surface area contributed by atoms with Gasteiger partial charge in [0.05, 0.1) is 6.04 Å². The Morgan fingerprint density at radius 2 is 1.75 bits per heavy atom. The number of amides is 3. The van der Waals surface area contributed by atoms with Crippen molar-refractivity contribution in [2.45, 2.75) is 32.7 Å². The first kappa shape index (κ1) is 20.3. The molecule has 1 N–H and O–H groups in total. The fourth-order valence-corrected chi connectivity index (χ4v) is 3.78. The van der Waals surface area contributed by atoms with Crippen LogP contribution in [0.25, 0.3) is 0 Å². The molecule has 2 aliphatic rings. The molecule has 1 aromatic carbocycles. The fourth-order valence-electron chi connectivity index (χ4n) is 3.78. The lowest BCUT2D eigenvalue weighted by molar-refractivity contribution is -0.127. The number of carbonyl (C=O) groups is 2. The van der Waals surface area contributed by atoms with Gasteiger partial charge in [-0.25, -0.2) is 4.79 Å². The van der Waals surface area contributed by atoms with Crippen LogP contribution in [0.5, 0.6) is 11.5 Å². The molecule has 0 radical (unpaired) electrons. The number of hydrogen-bond donors (Lipinski definition) is 1. The van der Waals surface area contributed by atoms with Crippen molar-refractivity contribution in [3.63, 3.8) is 0 Å². The van der Waals surface area contributed by atoms with Gasteiger partial charge in [0.1, 0.15) is 13.2 Å². The van der Waals surface area contributed by atoms with Crippen LogP contribution in [0.15, 0.2) is 18.2 Å². The zero-order valence-corrected chi connectivity index (χ0v) is 17.2. The minimum atomic E-state index is -0.0928. The van der Waals surface area contributed by atoms with Crippen LogP contribution in [0, 0.1) is 11.8 Å². The highest BCUT2D eigenvalue weighted by atomic mass is 16.6. The van der Waals surface area contributed by atoms with Gasteiger partial charge in [-0.3, -0.25) is 4.79 Å². The van der Waals surface area contributed by atoms with Gasteiger partial charge in [0, 0.05) is 33.1 Å². The van der Waals surface area contributed by atoms with Crippen LogP contribution >= 0.6 is 0 Å². The Morgan fingerprint density at radius 3 is 2.36 bits per heavy atom. The number of piperidine rings is 1. The molecule has 1 aromatic rings. The molecular formula is C21H31N3O4. The number of carbonyl (C=O) groups excluding carboxylic acids is 2. The third kappa shape index (κ3) is 4.51. The van der Waals surface area contributed by atoms with E-state index in [1.54, 1.807) is 19.0 Å². The van der Waals surface area contributed by atoms with Crippen molar-refractivity contribution >= 4 is 11.9 Å². The molecule has 2 heterocycles. The van der Waals surface area contributed by atoms with Gasteiger partial charge in [-0.05, 0) is 36.5 Å². The Balaban J connectivity index is 1.63. The minimum Gasteiger partial charge on any atom is -0.486 e. The lowest BCUT2D eigenvalue weighted by Crippen LogP contribution is -2.47. The van der Waals surface area contributed by atoms with E-state index in [4.69, 9.17) is 9.47 Å². The maximum atomic E-state index is 12.9. The summed E-state index contributed by atoms with van der Waals surface area (Å²) in [5.74, 6) is 1.72. The van der Waals surface area contributed by atoms with Crippen molar-refractivity contribution in [2.24, 2.45) is 11.8 Å². The summed E-state index contributed by atoms with van der Waals surface area (Å²) >= 11 is 0. The van der Waals surface area contributed by atoms with E-state index in [-0.39, 0.29) is 29.8 Å². The summed E-state index contributed by atoms with van der Waals surface area (Å²) in [7, 11) is 3.50. The first-order chi connectivity index (χ1) is 13.4. The number of hydrogen-bond acceptors (Lipinski definition) is 4. The Morgan fingerprint density at radius 1 is 1.11 bits per heavy atom. The van der Waals surface area contributed by atoms with Gasteiger partial charge in [0.15, 0.2) is 11.5 Å². The van der Waals surface area contributed by atoms with E-state index in [9.17, 15) is 9.59 Å². The molecule has 2 aliphatic heterocycles. The molecule has 0 bridgehead atoms. The van der Waals surface area contributed by atoms with Gasteiger partial charge in [0.2, 0.25) is 5.91 Å². The fraction of sp³-hybridized carbons (Fsp3) is 0.619. The van der Waals surface area contributed by atoms with Crippen LogP contribution in [0.1, 0.15) is 38.3 Å². The van der Waals surface area contributed by atoms with E-state index < -0.39 is 0 Å². The molecule has 1 fully saturated rings. The quantitative estimate of drug-likeness (QED) is 0.859. The second kappa shape index (κ2) is 8.71. The Hall–Kier alpha value is -2.44. The number of fused-ring (bicyclic) bond motifs is 1. The number of benzene rings is 1. The first-order valence-electron chi connectivity index (χ1n) is 10.0. The summed E-state index contributed by atoms with van der Waals surface area (Å²) in [5.41, 5.74) is 1.02. The van der Waals surface area contributed by atoms with Gasteiger partial charge in [0.25, 0.3) is 0 Å². The third-order valence-corrected chi connectivity index (χ3v) is 5.41. The molecule has 0 spiro atoms. The van der Waals surface area contributed by atoms with Crippen LogP contribution in [0.4, 0.5) is 4.79 Å². The molecule has 1 saturated heterocycles. The average Bonchev–Trinajstić information content (AvgIpc) is 2.70. The zero-order valence-electron chi connectivity index (χ0n) is 17.2. The third-order valence-electron chi connectivity index (χ3n) is 5.41. The van der Waals surface area contributed by atoms with Gasteiger partial charge >= 0.3 is 6.03 Å². The molecule has 1 atom stereocenters. The lowest BCUT2D eigenvalue weighted by Gasteiger charge is -2.34. The normalized spacial score (nSPS) is 18.0. The van der Waals surface area contributed by atoms with Crippen LogP contribution < -0.4 is 14.8 Å². The molecule has 3 rings (SSSR count). The second-order valence-corrected chi connectivity index (χ2v) is 8.07. The molecule has 1 unspecified atom stereocenters. The topological polar surface area (TPSA) is 71.1 Å². The molecule has 0 aromatic heterocycles. The van der Waals surface area contributed by atoms with E-state index in [1.165, 1.54) is 0 Å². The summed E-state index contributed by atoms with van der Waals surface area (Å²) in [6, 6.07) is 5.80. The highest BCUT2D eigenvalue weighted by molar-refractivity contribution is 5.80. The molecular weight excluding hydrogens is 358 g/mol. The van der Waals surface area contributed by atoms with Crippen molar-refractivity contribution in [3.05, 3.63) is 23.8 Å². The number of urea groups is 1. The molecule has 28 heavy (non-hydrogen) atoms. The summed E-state index contributed by atoms with van der Waals surface area (Å²) < 4.78 is 11.3. The highest BCUT2D eigenvalue weighted by Crippen LogP contribution is 2.34. The molecule has 154 valence electrons. The lowest BCUT2D eigenvalue weighted by atomic mass is 9.92. The van der Waals surface area contributed by atoms with Crippen LogP contribution in [-0.2, 0) is 4.79 Å². The maximum Gasteiger partial charge on any atom is 0.319 e. The van der Waals surface area contributed by atoms with E-state index >= 15 is 0 Å². The number of nitrogens with one attached hydrogen (secondary N) is 1. The average molecular weight is 389 g/mol. The monoisotopic (exact) mass is 389 g/mol. The number of nitrogens with zero attached hydrogens (tertiary/aromatic N) is 2. The van der Waals surface area contributed by atoms with E-state index in [2.05, 4.69) is 19.2 Å². The Bertz CT molecular complexity index is 712. The van der Waals surface area contributed by atoms with Crippen molar-refractivity contribution in [2.75, 3.05) is 40.4 Å².